The van der Waals surface area contributed by atoms with Crippen LogP contribution >= 0.6 is 31.9 Å². The smallest absolute Gasteiger partial charge is 0.407 e. The van der Waals surface area contributed by atoms with Gasteiger partial charge >= 0.3 is 6.18 Å². The molecule has 0 aliphatic rings. The quantitative estimate of drug-likeness (QED) is 0.816. The molecule has 1 aromatic rings. The molecule has 0 spiro atoms. The molecule has 1 rings (SSSR count). The van der Waals surface area contributed by atoms with Crippen molar-refractivity contribution in [1.29, 1.82) is 0 Å². The van der Waals surface area contributed by atoms with Crippen molar-refractivity contribution in [1.82, 2.24) is 0 Å². The molecule has 0 aliphatic heterocycles. The van der Waals surface area contributed by atoms with Gasteiger partial charge in [0, 0.05) is 10.0 Å². The number of alkyl halides is 3. The number of rotatable bonds is 1. The Kier molecular flexibility index (Phi) is 3.67. The first-order valence-corrected chi connectivity index (χ1v) is 5.32. The number of phenolic OH excluding ortho intramolecular Hbond substituents is 1. The molecule has 0 aromatic heterocycles. The molecule has 0 bridgehead atoms. The minimum atomic E-state index is -4.59. The van der Waals surface area contributed by atoms with Crippen molar-refractivity contribution < 1.29 is 18.3 Å². The number of hydrogen-bond acceptors (Lipinski definition) is 2. The standard InChI is InChI=1S/C8H6Br2F3NO/c9-3-1-4(6(15)5(10)2-3)7(14)8(11,12)13/h1-2,7,15H,14H2/t7-/m0/s1. The molecule has 7 heteroatoms. The molecule has 0 amide bonds. The third kappa shape index (κ3) is 2.85. The average molecular weight is 349 g/mol. The highest BCUT2D eigenvalue weighted by atomic mass is 79.9. The zero-order chi connectivity index (χ0) is 11.8. The Labute approximate surface area is 101 Å². The van der Waals surface area contributed by atoms with Crippen LogP contribution in [0.15, 0.2) is 21.1 Å². The Morgan fingerprint density at radius 2 is 1.80 bits per heavy atom. The van der Waals surface area contributed by atoms with Gasteiger partial charge in [-0.3, -0.25) is 0 Å². The van der Waals surface area contributed by atoms with E-state index in [0.717, 1.165) is 6.07 Å². The highest BCUT2D eigenvalue weighted by Gasteiger charge is 2.39. The summed E-state index contributed by atoms with van der Waals surface area (Å²) in [5.41, 5.74) is 4.61. The Balaban J connectivity index is 3.25. The molecule has 3 N–H and O–H groups in total. The van der Waals surface area contributed by atoms with E-state index in [1.807, 2.05) is 0 Å². The van der Waals surface area contributed by atoms with E-state index < -0.39 is 18.0 Å². The molecule has 15 heavy (non-hydrogen) atoms. The topological polar surface area (TPSA) is 46.2 Å². The molecule has 0 heterocycles. The van der Waals surface area contributed by atoms with Crippen molar-refractivity contribution in [2.75, 3.05) is 0 Å². The third-order valence-corrected chi connectivity index (χ3v) is 2.81. The van der Waals surface area contributed by atoms with Gasteiger partial charge < -0.3 is 10.8 Å². The first kappa shape index (κ1) is 12.8. The second-order valence-electron chi connectivity index (χ2n) is 2.84. The fraction of sp³-hybridized carbons (Fsp3) is 0.250. The zero-order valence-electron chi connectivity index (χ0n) is 7.15. The number of halogens is 5. The van der Waals surface area contributed by atoms with E-state index in [0.29, 0.717) is 4.47 Å². The Hall–Kier alpha value is -0.270. The van der Waals surface area contributed by atoms with Crippen LogP contribution in [0.1, 0.15) is 11.6 Å². The van der Waals surface area contributed by atoms with Crippen LogP contribution in [0.4, 0.5) is 13.2 Å². The van der Waals surface area contributed by atoms with Crippen molar-refractivity contribution >= 4 is 31.9 Å². The maximum absolute atomic E-state index is 12.3. The minimum absolute atomic E-state index is 0.159. The number of benzene rings is 1. The van der Waals surface area contributed by atoms with Gasteiger partial charge in [0.05, 0.1) is 4.47 Å². The van der Waals surface area contributed by atoms with E-state index in [1.54, 1.807) is 0 Å². The maximum Gasteiger partial charge on any atom is 0.407 e. The number of phenols is 1. The van der Waals surface area contributed by atoms with Crippen LogP contribution in [0.2, 0.25) is 0 Å². The number of nitrogens with two attached hydrogens (primary N) is 1. The van der Waals surface area contributed by atoms with Crippen LogP contribution in [-0.2, 0) is 0 Å². The molecule has 0 saturated heterocycles. The lowest BCUT2D eigenvalue weighted by atomic mass is 10.1. The van der Waals surface area contributed by atoms with Crippen molar-refractivity contribution in [2.24, 2.45) is 5.73 Å². The van der Waals surface area contributed by atoms with Crippen LogP contribution in [0, 0.1) is 0 Å². The van der Waals surface area contributed by atoms with Crippen LogP contribution in [0.5, 0.6) is 5.75 Å². The van der Waals surface area contributed by atoms with Crippen LogP contribution in [0.3, 0.4) is 0 Å². The highest BCUT2D eigenvalue weighted by molar-refractivity contribution is 9.11. The van der Waals surface area contributed by atoms with Crippen molar-refractivity contribution in [3.8, 4) is 5.75 Å². The predicted molar refractivity (Wildman–Crippen MR) is 56.5 cm³/mol. The van der Waals surface area contributed by atoms with Gasteiger partial charge in [0.2, 0.25) is 0 Å². The second-order valence-corrected chi connectivity index (χ2v) is 4.61. The summed E-state index contributed by atoms with van der Waals surface area (Å²) in [5, 5.41) is 9.41. The van der Waals surface area contributed by atoms with Gasteiger partial charge in [-0.05, 0) is 28.1 Å². The fourth-order valence-electron chi connectivity index (χ4n) is 0.999. The van der Waals surface area contributed by atoms with Gasteiger partial charge in [-0.1, -0.05) is 15.9 Å². The monoisotopic (exact) mass is 347 g/mol. The Morgan fingerprint density at radius 3 is 2.27 bits per heavy atom. The molecule has 1 atom stereocenters. The largest absolute Gasteiger partial charge is 0.506 e. The SMILES string of the molecule is N[C@@H](c1cc(Br)cc(Br)c1O)C(F)(F)F. The summed E-state index contributed by atoms with van der Waals surface area (Å²) < 4.78 is 37.5. The zero-order valence-corrected chi connectivity index (χ0v) is 10.3. The van der Waals surface area contributed by atoms with E-state index >= 15 is 0 Å². The van der Waals surface area contributed by atoms with Crippen molar-refractivity contribution in [3.05, 3.63) is 26.6 Å². The first-order valence-electron chi connectivity index (χ1n) is 3.73. The van der Waals surface area contributed by atoms with E-state index in [1.165, 1.54) is 6.07 Å². The summed E-state index contributed by atoms with van der Waals surface area (Å²) in [4.78, 5) is 0. The average Bonchev–Trinajstić information content (AvgIpc) is 2.08. The molecular weight excluding hydrogens is 343 g/mol. The van der Waals surface area contributed by atoms with Crippen molar-refractivity contribution in [3.63, 3.8) is 0 Å². The second kappa shape index (κ2) is 4.31. The number of aromatic hydroxyl groups is 1. The molecule has 0 radical (unpaired) electrons. The summed E-state index contributed by atoms with van der Waals surface area (Å²) in [6.07, 6.45) is -4.59. The highest BCUT2D eigenvalue weighted by Crippen LogP contribution is 2.40. The molecule has 1 aromatic carbocycles. The molecule has 0 aliphatic carbocycles. The molecule has 0 unspecified atom stereocenters. The van der Waals surface area contributed by atoms with Gasteiger partial charge in [-0.25, -0.2) is 0 Å². The minimum Gasteiger partial charge on any atom is -0.506 e. The lowest BCUT2D eigenvalue weighted by molar-refractivity contribution is -0.149. The molecular formula is C8H6Br2F3NO. The summed E-state index contributed by atoms with van der Waals surface area (Å²) in [7, 11) is 0. The van der Waals surface area contributed by atoms with E-state index in [9.17, 15) is 18.3 Å². The normalized spacial score (nSPS) is 14.0. The predicted octanol–water partition coefficient (Wildman–Crippen LogP) is 3.48. The van der Waals surface area contributed by atoms with Gasteiger partial charge in [0.15, 0.2) is 0 Å². The lowest BCUT2D eigenvalue weighted by Crippen LogP contribution is -2.28. The van der Waals surface area contributed by atoms with Crippen LogP contribution in [0.25, 0.3) is 0 Å². The van der Waals surface area contributed by atoms with Crippen LogP contribution in [-0.4, -0.2) is 11.3 Å². The molecule has 0 saturated carbocycles. The Morgan fingerprint density at radius 1 is 1.27 bits per heavy atom. The van der Waals surface area contributed by atoms with Crippen molar-refractivity contribution in [2.45, 2.75) is 12.2 Å². The Bertz CT molecular complexity index is 381. The third-order valence-electron chi connectivity index (χ3n) is 1.75. The van der Waals surface area contributed by atoms with Crippen LogP contribution < -0.4 is 5.73 Å². The lowest BCUT2D eigenvalue weighted by Gasteiger charge is -2.17. The summed E-state index contributed by atoms with van der Waals surface area (Å²) in [6.45, 7) is 0. The van der Waals surface area contributed by atoms with Gasteiger partial charge in [0.25, 0.3) is 0 Å². The maximum atomic E-state index is 12.3. The molecule has 2 nitrogen and oxygen atoms in total. The number of hydrogen-bond donors (Lipinski definition) is 2. The summed E-state index contributed by atoms with van der Waals surface area (Å²) in [5.74, 6) is -0.497. The molecule has 0 fully saturated rings. The fourth-order valence-corrected chi connectivity index (χ4v) is 2.26. The molecule has 84 valence electrons. The van der Waals surface area contributed by atoms with E-state index in [4.69, 9.17) is 5.73 Å². The van der Waals surface area contributed by atoms with Gasteiger partial charge in [-0.15, -0.1) is 0 Å². The first-order chi connectivity index (χ1) is 6.73. The van der Waals surface area contributed by atoms with Gasteiger partial charge in [0.1, 0.15) is 11.8 Å². The van der Waals surface area contributed by atoms with E-state index in [2.05, 4.69) is 31.9 Å². The summed E-state index contributed by atoms with van der Waals surface area (Å²) in [6, 6.07) is 0.367. The van der Waals surface area contributed by atoms with E-state index in [-0.39, 0.29) is 10.0 Å². The van der Waals surface area contributed by atoms with Gasteiger partial charge in [-0.2, -0.15) is 13.2 Å². The summed E-state index contributed by atoms with van der Waals surface area (Å²) >= 11 is 5.95.